The van der Waals surface area contributed by atoms with Crippen LogP contribution < -0.4 is 11.1 Å². The number of amides is 1. The quantitative estimate of drug-likeness (QED) is 0.445. The number of carbonyl (C=O) groups is 1. The third kappa shape index (κ3) is 3.78. The molecular weight excluding hydrogens is 416 g/mol. The van der Waals surface area contributed by atoms with Gasteiger partial charge in [0.25, 0.3) is 5.91 Å². The average molecular weight is 435 g/mol. The molecule has 1 amide bonds. The van der Waals surface area contributed by atoms with Crippen molar-refractivity contribution >= 4 is 22.7 Å². The molecule has 4 aromatic rings. The second-order valence-corrected chi connectivity index (χ2v) is 7.24. The Labute approximate surface area is 182 Å². The number of nitriles is 1. The SMILES string of the molecule is Cc1c(C(=O)NCCCc2nn(-c3ccc(F)cc3)c(N)c2C#N)oc2c(F)cccc12. The third-order valence-electron chi connectivity index (χ3n) is 5.17. The van der Waals surface area contributed by atoms with Crippen molar-refractivity contribution < 1.29 is 18.0 Å². The Morgan fingerprint density at radius 1 is 1.25 bits per heavy atom. The molecule has 7 nitrogen and oxygen atoms in total. The van der Waals surface area contributed by atoms with Crippen molar-refractivity contribution in [2.45, 2.75) is 19.8 Å². The minimum absolute atomic E-state index is 0.0515. The third-order valence-corrected chi connectivity index (χ3v) is 5.17. The lowest BCUT2D eigenvalue weighted by molar-refractivity contribution is 0.0926. The van der Waals surface area contributed by atoms with Crippen molar-refractivity contribution in [1.29, 1.82) is 5.26 Å². The van der Waals surface area contributed by atoms with Gasteiger partial charge in [-0.1, -0.05) is 12.1 Å². The van der Waals surface area contributed by atoms with Gasteiger partial charge in [0.1, 0.15) is 23.3 Å². The number of para-hydroxylation sites is 1. The predicted molar refractivity (Wildman–Crippen MR) is 114 cm³/mol. The number of anilines is 1. The molecule has 4 rings (SSSR count). The minimum atomic E-state index is -0.525. The maximum absolute atomic E-state index is 13.9. The van der Waals surface area contributed by atoms with Crippen LogP contribution in [0.4, 0.5) is 14.6 Å². The van der Waals surface area contributed by atoms with Crippen molar-refractivity contribution in [1.82, 2.24) is 15.1 Å². The molecular formula is C23H19F2N5O2. The van der Waals surface area contributed by atoms with Gasteiger partial charge in [-0.3, -0.25) is 4.79 Å². The number of rotatable bonds is 6. The van der Waals surface area contributed by atoms with Crippen LogP contribution in [0.15, 0.2) is 46.9 Å². The Morgan fingerprint density at radius 2 is 2.00 bits per heavy atom. The summed E-state index contributed by atoms with van der Waals surface area (Å²) in [6.07, 6.45) is 0.864. The van der Waals surface area contributed by atoms with E-state index in [1.165, 1.54) is 35.0 Å². The number of nitrogens with zero attached hydrogens (tertiary/aromatic N) is 3. The van der Waals surface area contributed by atoms with Crippen LogP contribution in [0, 0.1) is 29.9 Å². The largest absolute Gasteiger partial charge is 0.448 e. The first-order chi connectivity index (χ1) is 15.4. The summed E-state index contributed by atoms with van der Waals surface area (Å²) in [6.45, 7) is 1.98. The molecule has 9 heteroatoms. The number of carbonyl (C=O) groups excluding carboxylic acids is 1. The van der Waals surface area contributed by atoms with Gasteiger partial charge in [-0.05, 0) is 50.1 Å². The zero-order valence-electron chi connectivity index (χ0n) is 17.2. The van der Waals surface area contributed by atoms with Gasteiger partial charge >= 0.3 is 0 Å². The molecule has 0 aliphatic rings. The van der Waals surface area contributed by atoms with Crippen molar-refractivity contribution in [3.8, 4) is 11.8 Å². The topological polar surface area (TPSA) is 110 Å². The first-order valence-electron chi connectivity index (χ1n) is 9.90. The number of furan rings is 1. The first kappa shape index (κ1) is 21.1. The molecule has 0 aliphatic heterocycles. The zero-order valence-corrected chi connectivity index (χ0v) is 17.2. The van der Waals surface area contributed by atoms with E-state index < -0.39 is 17.5 Å². The fraction of sp³-hybridized carbons (Fsp3) is 0.174. The van der Waals surface area contributed by atoms with E-state index in [0.717, 1.165) is 0 Å². The second-order valence-electron chi connectivity index (χ2n) is 7.24. The Morgan fingerprint density at radius 3 is 2.69 bits per heavy atom. The van der Waals surface area contributed by atoms with Crippen molar-refractivity contribution in [2.75, 3.05) is 12.3 Å². The molecule has 2 aromatic carbocycles. The maximum Gasteiger partial charge on any atom is 0.287 e. The van der Waals surface area contributed by atoms with Crippen molar-refractivity contribution in [3.63, 3.8) is 0 Å². The van der Waals surface area contributed by atoms with Gasteiger partial charge in [-0.15, -0.1) is 0 Å². The van der Waals surface area contributed by atoms with E-state index in [4.69, 9.17) is 10.2 Å². The lowest BCUT2D eigenvalue weighted by atomic mass is 10.1. The average Bonchev–Trinajstić information content (AvgIpc) is 3.29. The van der Waals surface area contributed by atoms with Crippen LogP contribution in [0.2, 0.25) is 0 Å². The molecule has 0 aliphatic carbocycles. The van der Waals surface area contributed by atoms with Crippen LogP contribution in [-0.2, 0) is 6.42 Å². The molecule has 0 radical (unpaired) electrons. The van der Waals surface area contributed by atoms with Crippen LogP contribution in [0.3, 0.4) is 0 Å². The monoisotopic (exact) mass is 435 g/mol. The number of benzene rings is 2. The van der Waals surface area contributed by atoms with Crippen molar-refractivity contribution in [2.24, 2.45) is 0 Å². The fourth-order valence-electron chi connectivity index (χ4n) is 3.52. The summed E-state index contributed by atoms with van der Waals surface area (Å²) in [4.78, 5) is 12.5. The first-order valence-corrected chi connectivity index (χ1v) is 9.90. The number of aryl methyl sites for hydroxylation is 2. The second kappa shape index (κ2) is 8.51. The summed E-state index contributed by atoms with van der Waals surface area (Å²) in [5, 5.41) is 17.1. The highest BCUT2D eigenvalue weighted by atomic mass is 19.1. The Kier molecular flexibility index (Phi) is 5.60. The molecule has 32 heavy (non-hydrogen) atoms. The van der Waals surface area contributed by atoms with E-state index >= 15 is 0 Å². The van der Waals surface area contributed by atoms with Gasteiger partial charge in [0.05, 0.1) is 11.4 Å². The van der Waals surface area contributed by atoms with E-state index in [9.17, 15) is 18.8 Å². The molecule has 0 saturated heterocycles. The number of halogens is 2. The van der Waals surface area contributed by atoms with Crippen LogP contribution in [0.1, 0.15) is 33.8 Å². The molecule has 3 N–H and O–H groups in total. The standard InChI is InChI=1S/C23H19F2N5O2/c1-13-16-4-2-5-18(25)21(16)32-20(13)23(31)28-11-3-6-19-17(12-26)22(27)30(29-19)15-9-7-14(24)8-10-15/h2,4-5,7-10H,3,6,11,27H2,1H3,(H,28,31). The Balaban J connectivity index is 1.43. The molecule has 2 heterocycles. The van der Waals surface area contributed by atoms with Gasteiger partial charge in [0, 0.05) is 17.5 Å². The smallest absolute Gasteiger partial charge is 0.287 e. The molecule has 0 fully saturated rings. The molecule has 2 aromatic heterocycles. The summed E-state index contributed by atoms with van der Waals surface area (Å²) < 4.78 is 33.9. The van der Waals surface area contributed by atoms with Gasteiger partial charge in [-0.25, -0.2) is 13.5 Å². The van der Waals surface area contributed by atoms with E-state index in [1.54, 1.807) is 19.1 Å². The predicted octanol–water partition coefficient (Wildman–Crippen LogP) is 4.02. The summed E-state index contributed by atoms with van der Waals surface area (Å²) in [6, 6.07) is 12.2. The van der Waals surface area contributed by atoms with E-state index in [-0.39, 0.29) is 29.3 Å². The van der Waals surface area contributed by atoms with Gasteiger partial charge in [0.2, 0.25) is 0 Å². The number of aromatic nitrogens is 2. The van der Waals surface area contributed by atoms with Gasteiger partial charge < -0.3 is 15.5 Å². The molecule has 0 unspecified atom stereocenters. The molecule has 162 valence electrons. The van der Waals surface area contributed by atoms with Crippen LogP contribution in [0.25, 0.3) is 16.7 Å². The molecule has 0 bridgehead atoms. The molecule has 0 atom stereocenters. The highest BCUT2D eigenvalue weighted by molar-refractivity contribution is 5.99. The Hall–Kier alpha value is -4.19. The van der Waals surface area contributed by atoms with Crippen LogP contribution >= 0.6 is 0 Å². The van der Waals surface area contributed by atoms with Gasteiger partial charge in [0.15, 0.2) is 17.2 Å². The highest BCUT2D eigenvalue weighted by Gasteiger charge is 2.20. The van der Waals surface area contributed by atoms with Crippen LogP contribution in [0.5, 0.6) is 0 Å². The number of nitrogens with one attached hydrogen (secondary N) is 1. The number of hydrogen-bond acceptors (Lipinski definition) is 5. The molecule has 0 spiro atoms. The number of hydrogen-bond donors (Lipinski definition) is 2. The van der Waals surface area contributed by atoms with E-state index in [0.29, 0.717) is 35.2 Å². The summed E-state index contributed by atoms with van der Waals surface area (Å²) >= 11 is 0. The maximum atomic E-state index is 13.9. The summed E-state index contributed by atoms with van der Waals surface area (Å²) in [5.74, 6) is -1.14. The highest BCUT2D eigenvalue weighted by Crippen LogP contribution is 2.27. The minimum Gasteiger partial charge on any atom is -0.448 e. The number of fused-ring (bicyclic) bond motifs is 1. The lowest BCUT2D eigenvalue weighted by Gasteiger charge is -2.04. The summed E-state index contributed by atoms with van der Waals surface area (Å²) in [7, 11) is 0. The van der Waals surface area contributed by atoms with Crippen molar-refractivity contribution in [3.05, 3.63) is 76.7 Å². The Bertz CT molecular complexity index is 1350. The summed E-state index contributed by atoms with van der Waals surface area (Å²) in [5.41, 5.74) is 7.92. The number of nitrogens with two attached hydrogens (primary N) is 1. The fourth-order valence-corrected chi connectivity index (χ4v) is 3.52. The van der Waals surface area contributed by atoms with Crippen LogP contribution in [-0.4, -0.2) is 22.2 Å². The van der Waals surface area contributed by atoms with E-state index in [2.05, 4.69) is 10.4 Å². The lowest BCUT2D eigenvalue weighted by Crippen LogP contribution is -2.25. The zero-order chi connectivity index (χ0) is 22.8. The van der Waals surface area contributed by atoms with Gasteiger partial charge in [-0.2, -0.15) is 10.4 Å². The van der Waals surface area contributed by atoms with E-state index in [1.807, 2.05) is 6.07 Å². The molecule has 0 saturated carbocycles. The normalized spacial score (nSPS) is 10.9. The number of nitrogen functional groups attached to an aromatic ring is 1.